The molecule has 0 bridgehead atoms. The molecule has 0 fully saturated rings. The van der Waals surface area contributed by atoms with E-state index in [1.165, 1.54) is 0 Å². The number of nitrogens with zero attached hydrogens (tertiary/aromatic N) is 1. The fourth-order valence-electron chi connectivity index (χ4n) is 1.01. The normalized spacial score (nSPS) is 9.81. The van der Waals surface area contributed by atoms with Crippen molar-refractivity contribution in [1.29, 1.82) is 0 Å². The van der Waals surface area contributed by atoms with Crippen LogP contribution in [0.2, 0.25) is 0 Å². The Labute approximate surface area is 86.9 Å². The molecule has 0 saturated heterocycles. The molecular weight excluding hydrogens is 225 g/mol. The number of phenolic OH excluding ortho intramolecular Hbond substituents is 1. The molecule has 0 aliphatic carbocycles. The third kappa shape index (κ3) is 1.95. The molecule has 1 rings (SSSR count). The number of ketones is 1. The van der Waals surface area contributed by atoms with Gasteiger partial charge in [-0.2, -0.15) is 0 Å². The third-order valence-electron chi connectivity index (χ3n) is 1.69. The summed E-state index contributed by atoms with van der Waals surface area (Å²) in [5, 5.41) is 27.9. The summed E-state index contributed by atoms with van der Waals surface area (Å²) < 4.78 is 12.8. The summed E-state index contributed by atoms with van der Waals surface area (Å²) in [6.07, 6.45) is 0. The minimum atomic E-state index is -1.95. The lowest BCUT2D eigenvalue weighted by Gasteiger charge is -2.01. The molecule has 0 spiro atoms. The van der Waals surface area contributed by atoms with Crippen LogP contribution in [-0.4, -0.2) is 26.9 Å². The molecule has 0 radical (unpaired) electrons. The molecule has 0 unspecified atom stereocenters. The number of carboxylic acids is 1. The first-order valence-corrected chi connectivity index (χ1v) is 3.79. The summed E-state index contributed by atoms with van der Waals surface area (Å²) >= 11 is 0. The second kappa shape index (κ2) is 3.93. The highest BCUT2D eigenvalue weighted by atomic mass is 19.1. The van der Waals surface area contributed by atoms with Gasteiger partial charge in [0.15, 0.2) is 0 Å². The second-order valence-electron chi connectivity index (χ2n) is 2.71. The first kappa shape index (κ1) is 11.6. The van der Waals surface area contributed by atoms with Gasteiger partial charge in [-0.1, -0.05) is 0 Å². The molecule has 0 heterocycles. The van der Waals surface area contributed by atoms with Gasteiger partial charge >= 0.3 is 11.7 Å². The van der Waals surface area contributed by atoms with Crippen LogP contribution >= 0.6 is 0 Å². The van der Waals surface area contributed by atoms with Crippen LogP contribution in [0.1, 0.15) is 10.4 Å². The zero-order chi connectivity index (χ0) is 12.5. The highest BCUT2D eigenvalue weighted by Gasteiger charge is 2.26. The van der Waals surface area contributed by atoms with E-state index in [4.69, 9.17) is 5.11 Å². The monoisotopic (exact) mass is 229 g/mol. The number of aromatic hydroxyl groups is 1. The van der Waals surface area contributed by atoms with E-state index in [1.807, 2.05) is 0 Å². The Morgan fingerprint density at radius 2 is 1.94 bits per heavy atom. The number of nitro benzene ring substituents is 1. The van der Waals surface area contributed by atoms with Gasteiger partial charge in [-0.25, -0.2) is 9.18 Å². The number of benzene rings is 1. The number of carbonyl (C=O) groups excluding carboxylic acids is 1. The van der Waals surface area contributed by atoms with Gasteiger partial charge in [0.05, 0.1) is 16.6 Å². The summed E-state index contributed by atoms with van der Waals surface area (Å²) in [6.45, 7) is 0. The topological polar surface area (TPSA) is 118 Å². The fourth-order valence-corrected chi connectivity index (χ4v) is 1.01. The highest BCUT2D eigenvalue weighted by molar-refractivity contribution is 6.40. The maximum atomic E-state index is 12.8. The van der Waals surface area contributed by atoms with Gasteiger partial charge in [0, 0.05) is 0 Å². The number of aliphatic carboxylic acids is 1. The quantitative estimate of drug-likeness (QED) is 0.341. The fraction of sp³-hybridized carbons (Fsp3) is 0. The molecule has 2 N–H and O–H groups in total. The van der Waals surface area contributed by atoms with E-state index in [0.29, 0.717) is 12.1 Å². The Morgan fingerprint density at radius 1 is 1.38 bits per heavy atom. The number of hydrogen-bond acceptors (Lipinski definition) is 5. The Hall–Kier alpha value is -2.51. The Balaban J connectivity index is 3.47. The number of carbonyl (C=O) groups is 2. The summed E-state index contributed by atoms with van der Waals surface area (Å²) in [4.78, 5) is 30.4. The lowest BCUT2D eigenvalue weighted by Crippen LogP contribution is -2.13. The molecule has 0 aromatic heterocycles. The van der Waals surface area contributed by atoms with E-state index < -0.39 is 39.5 Å². The zero-order valence-electron chi connectivity index (χ0n) is 7.51. The molecule has 0 aliphatic rings. The van der Waals surface area contributed by atoms with Crippen molar-refractivity contribution in [3.63, 3.8) is 0 Å². The maximum Gasteiger partial charge on any atom is 0.377 e. The molecule has 84 valence electrons. The van der Waals surface area contributed by atoms with E-state index in [2.05, 4.69) is 0 Å². The number of phenols is 1. The minimum Gasteiger partial charge on any atom is -0.502 e. The van der Waals surface area contributed by atoms with Crippen molar-refractivity contribution in [3.05, 3.63) is 33.6 Å². The van der Waals surface area contributed by atoms with Crippen molar-refractivity contribution in [3.8, 4) is 5.75 Å². The van der Waals surface area contributed by atoms with Crippen LogP contribution in [0.25, 0.3) is 0 Å². The lowest BCUT2D eigenvalue weighted by molar-refractivity contribution is -0.386. The average Bonchev–Trinajstić information content (AvgIpc) is 2.19. The van der Waals surface area contributed by atoms with Crippen molar-refractivity contribution in [2.45, 2.75) is 0 Å². The Bertz CT molecular complexity index is 498. The largest absolute Gasteiger partial charge is 0.502 e. The molecule has 7 nitrogen and oxygen atoms in total. The first-order valence-electron chi connectivity index (χ1n) is 3.79. The van der Waals surface area contributed by atoms with Gasteiger partial charge in [0.25, 0.3) is 5.78 Å². The summed E-state index contributed by atoms with van der Waals surface area (Å²) in [7, 11) is 0. The van der Waals surface area contributed by atoms with E-state index in [1.54, 1.807) is 0 Å². The zero-order valence-corrected chi connectivity index (χ0v) is 7.51. The van der Waals surface area contributed by atoms with Crippen LogP contribution in [0.5, 0.6) is 5.75 Å². The molecule has 0 amide bonds. The Morgan fingerprint density at radius 3 is 2.38 bits per heavy atom. The Kier molecular flexibility index (Phi) is 2.84. The minimum absolute atomic E-state index is 0.383. The van der Waals surface area contributed by atoms with Crippen LogP contribution in [0.3, 0.4) is 0 Å². The van der Waals surface area contributed by atoms with Gasteiger partial charge in [0.1, 0.15) is 5.82 Å². The molecule has 8 heteroatoms. The molecule has 1 aromatic carbocycles. The number of rotatable bonds is 3. The van der Waals surface area contributed by atoms with Crippen molar-refractivity contribution < 1.29 is 29.1 Å². The van der Waals surface area contributed by atoms with Gasteiger partial charge < -0.3 is 10.2 Å². The lowest BCUT2D eigenvalue weighted by atomic mass is 10.1. The van der Waals surface area contributed by atoms with Crippen LogP contribution in [0, 0.1) is 15.9 Å². The van der Waals surface area contributed by atoms with Gasteiger partial charge in [-0.05, 0) is 6.07 Å². The molecule has 0 aliphatic heterocycles. The summed E-state index contributed by atoms with van der Waals surface area (Å²) in [6, 6.07) is 0.798. The number of halogens is 1. The number of nitro groups is 1. The number of hydrogen-bond donors (Lipinski definition) is 2. The molecule has 0 atom stereocenters. The van der Waals surface area contributed by atoms with E-state index >= 15 is 0 Å². The summed E-state index contributed by atoms with van der Waals surface area (Å²) in [5.74, 6) is -5.93. The van der Waals surface area contributed by atoms with Crippen LogP contribution in [0.4, 0.5) is 10.1 Å². The maximum absolute atomic E-state index is 12.8. The van der Waals surface area contributed by atoms with Crippen molar-refractivity contribution in [2.75, 3.05) is 0 Å². The number of carboxylic acid groups (broad SMARTS) is 1. The van der Waals surface area contributed by atoms with E-state index in [0.717, 1.165) is 0 Å². The second-order valence-corrected chi connectivity index (χ2v) is 2.71. The molecular formula is C8H4FNO6. The predicted molar refractivity (Wildman–Crippen MR) is 46.7 cm³/mol. The van der Waals surface area contributed by atoms with Crippen LogP contribution < -0.4 is 0 Å². The van der Waals surface area contributed by atoms with Crippen molar-refractivity contribution >= 4 is 17.4 Å². The van der Waals surface area contributed by atoms with Crippen LogP contribution in [-0.2, 0) is 4.79 Å². The third-order valence-corrected chi connectivity index (χ3v) is 1.69. The smallest absolute Gasteiger partial charge is 0.377 e. The number of Topliss-reactive ketones (excluding diaryl/α,β-unsaturated/α-hetero) is 1. The van der Waals surface area contributed by atoms with Crippen molar-refractivity contribution in [1.82, 2.24) is 0 Å². The van der Waals surface area contributed by atoms with E-state index in [-0.39, 0.29) is 0 Å². The van der Waals surface area contributed by atoms with Crippen molar-refractivity contribution in [2.24, 2.45) is 0 Å². The standard InChI is InChI=1S/C8H4FNO6/c9-3-1-4(7(12)8(13)14)6(11)5(2-3)10(15)16/h1-2,11H,(H,13,14). The predicted octanol–water partition coefficient (Wildman–Crippen LogP) is 0.707. The van der Waals surface area contributed by atoms with Gasteiger partial charge in [-0.15, -0.1) is 0 Å². The van der Waals surface area contributed by atoms with E-state index in [9.17, 15) is 29.2 Å². The van der Waals surface area contributed by atoms with Gasteiger partial charge in [-0.3, -0.25) is 14.9 Å². The SMILES string of the molecule is O=C(O)C(=O)c1cc(F)cc([N+](=O)[O-])c1O. The summed E-state index contributed by atoms with van der Waals surface area (Å²) in [5.41, 5.74) is -2.02. The molecule has 1 aromatic rings. The van der Waals surface area contributed by atoms with Crippen LogP contribution in [0.15, 0.2) is 12.1 Å². The molecule has 16 heavy (non-hydrogen) atoms. The molecule has 0 saturated carbocycles. The average molecular weight is 229 g/mol. The first-order chi connectivity index (χ1) is 7.34. The highest BCUT2D eigenvalue weighted by Crippen LogP contribution is 2.31. The van der Waals surface area contributed by atoms with Gasteiger partial charge in [0.2, 0.25) is 5.75 Å².